The molecular weight excluding hydrogens is 487 g/mol. The summed E-state index contributed by atoms with van der Waals surface area (Å²) < 4.78 is 34.7. The lowest BCUT2D eigenvalue weighted by Gasteiger charge is -2.29. The third kappa shape index (κ3) is 6.26. The summed E-state index contributed by atoms with van der Waals surface area (Å²) in [5, 5.41) is 21.3. The summed E-state index contributed by atoms with van der Waals surface area (Å²) >= 11 is 0. The summed E-state index contributed by atoms with van der Waals surface area (Å²) in [6, 6.07) is 2.02. The topological polar surface area (TPSA) is 196 Å². The summed E-state index contributed by atoms with van der Waals surface area (Å²) in [5.74, 6) is -3.31. The fraction of sp³-hybridized carbons (Fsp3) is 0.400. The number of nitrogens with two attached hydrogens (primary N) is 2. The van der Waals surface area contributed by atoms with Crippen LogP contribution >= 0.6 is 0 Å². The molecule has 0 aliphatic heterocycles. The van der Waals surface area contributed by atoms with E-state index in [4.69, 9.17) is 21.4 Å². The van der Waals surface area contributed by atoms with E-state index in [0.717, 1.165) is 25.7 Å². The molecule has 0 radical (unpaired) electrons. The van der Waals surface area contributed by atoms with Crippen molar-refractivity contribution < 1.29 is 32.7 Å². The number of amides is 2. The van der Waals surface area contributed by atoms with E-state index in [2.05, 4.69) is 25.8 Å². The van der Waals surface area contributed by atoms with Crippen molar-refractivity contribution in [1.29, 1.82) is 0 Å². The minimum Gasteiger partial charge on any atom is -0.475 e. The second-order valence-corrected chi connectivity index (χ2v) is 8.02. The van der Waals surface area contributed by atoms with Gasteiger partial charge in [0.15, 0.2) is 11.3 Å². The van der Waals surface area contributed by atoms with Gasteiger partial charge in [-0.05, 0) is 18.9 Å². The maximum absolute atomic E-state index is 12.8. The van der Waals surface area contributed by atoms with Crippen LogP contribution in [-0.2, 0) is 11.8 Å². The van der Waals surface area contributed by atoms with Crippen LogP contribution in [-0.4, -0.2) is 65.5 Å². The highest BCUT2D eigenvalue weighted by atomic mass is 19.4. The average molecular weight is 511 g/mol. The first kappa shape index (κ1) is 26.4. The molecule has 7 N–H and O–H groups in total. The Labute approximate surface area is 201 Å². The molecule has 0 bridgehead atoms. The van der Waals surface area contributed by atoms with Crippen LogP contribution in [0.2, 0.25) is 0 Å². The number of carboxylic acids is 1. The van der Waals surface area contributed by atoms with Crippen LogP contribution in [0.25, 0.3) is 5.65 Å². The van der Waals surface area contributed by atoms with Crippen LogP contribution in [0.15, 0.2) is 24.7 Å². The largest absolute Gasteiger partial charge is 0.490 e. The van der Waals surface area contributed by atoms with Crippen LogP contribution in [0.3, 0.4) is 0 Å². The molecule has 2 amide bonds. The highest BCUT2D eigenvalue weighted by Gasteiger charge is 2.38. The van der Waals surface area contributed by atoms with Crippen molar-refractivity contribution in [3.63, 3.8) is 0 Å². The van der Waals surface area contributed by atoms with Gasteiger partial charge in [-0.2, -0.15) is 23.4 Å². The van der Waals surface area contributed by atoms with Gasteiger partial charge in [-0.15, -0.1) is 0 Å². The number of rotatable bonds is 5. The molecule has 1 fully saturated rings. The van der Waals surface area contributed by atoms with E-state index in [9.17, 15) is 22.8 Å². The monoisotopic (exact) mass is 511 g/mol. The normalized spacial score (nSPS) is 17.7. The molecule has 3 aromatic heterocycles. The molecule has 36 heavy (non-hydrogen) atoms. The highest BCUT2D eigenvalue weighted by Crippen LogP contribution is 2.22. The summed E-state index contributed by atoms with van der Waals surface area (Å²) in [7, 11) is 1.63. The van der Waals surface area contributed by atoms with E-state index >= 15 is 0 Å². The van der Waals surface area contributed by atoms with Gasteiger partial charge >= 0.3 is 12.1 Å². The molecule has 4 rings (SSSR count). The third-order valence-electron chi connectivity index (χ3n) is 5.32. The zero-order valence-corrected chi connectivity index (χ0v) is 19.0. The van der Waals surface area contributed by atoms with Gasteiger partial charge in [-0.1, -0.05) is 12.8 Å². The minimum atomic E-state index is -5.08. The Hall–Kier alpha value is -4.21. The summed E-state index contributed by atoms with van der Waals surface area (Å²) in [5.41, 5.74) is 12.4. The Morgan fingerprint density at radius 3 is 2.50 bits per heavy atom. The van der Waals surface area contributed by atoms with Crippen molar-refractivity contribution in [3.8, 4) is 0 Å². The highest BCUT2D eigenvalue weighted by molar-refractivity contribution is 6.10. The Balaban J connectivity index is 0.000000454. The van der Waals surface area contributed by atoms with E-state index in [-0.39, 0.29) is 29.0 Å². The summed E-state index contributed by atoms with van der Waals surface area (Å²) in [4.78, 5) is 37.8. The molecule has 1 aliphatic rings. The molecule has 0 spiro atoms. The number of aliphatic carboxylic acids is 1. The van der Waals surface area contributed by atoms with Gasteiger partial charge in [0.25, 0.3) is 11.8 Å². The van der Waals surface area contributed by atoms with Crippen LogP contribution in [0.5, 0.6) is 0 Å². The van der Waals surface area contributed by atoms with Crippen molar-refractivity contribution >= 4 is 34.9 Å². The molecule has 13 nitrogen and oxygen atoms in total. The van der Waals surface area contributed by atoms with Crippen molar-refractivity contribution in [2.75, 3.05) is 10.6 Å². The molecule has 1 saturated carbocycles. The number of carbonyl (C=O) groups excluding carboxylic acids is 2. The quantitative estimate of drug-likeness (QED) is 0.333. The van der Waals surface area contributed by atoms with Gasteiger partial charge in [-0.25, -0.2) is 14.3 Å². The molecule has 3 heterocycles. The molecule has 1 aliphatic carbocycles. The third-order valence-corrected chi connectivity index (χ3v) is 5.32. The number of aromatic nitrogens is 5. The molecule has 3 aromatic rings. The van der Waals surface area contributed by atoms with E-state index in [1.54, 1.807) is 19.3 Å². The van der Waals surface area contributed by atoms with Crippen molar-refractivity contribution in [2.24, 2.45) is 18.5 Å². The Morgan fingerprint density at radius 2 is 1.89 bits per heavy atom. The van der Waals surface area contributed by atoms with Crippen LogP contribution < -0.4 is 22.1 Å². The Morgan fingerprint density at radius 1 is 1.22 bits per heavy atom. The SMILES string of the molecule is Cn1cc(NC(=O)c2cnn3ccc(N[C@H]4CCCC[C@@H]4N)nc23)c(C(N)=O)n1.O=C(O)C(F)(F)F. The number of nitrogens with zero attached hydrogens (tertiary/aromatic N) is 5. The fourth-order valence-electron chi connectivity index (χ4n) is 3.59. The van der Waals surface area contributed by atoms with Gasteiger partial charge in [0.05, 0.1) is 11.9 Å². The van der Waals surface area contributed by atoms with Gasteiger partial charge in [0.1, 0.15) is 11.4 Å². The van der Waals surface area contributed by atoms with Gasteiger partial charge in [-0.3, -0.25) is 14.3 Å². The van der Waals surface area contributed by atoms with Crippen LogP contribution in [0.4, 0.5) is 24.7 Å². The van der Waals surface area contributed by atoms with E-state index in [1.807, 2.05) is 0 Å². The lowest BCUT2D eigenvalue weighted by Crippen LogP contribution is -2.42. The standard InChI is InChI=1S/C18H23N9O2.C2HF3O2/c1-26-9-13(15(25-26)16(20)28)23-18(29)10-8-21-27-7-6-14(24-17(10)27)22-12-5-3-2-4-11(12)19;3-2(4,5)1(6)7/h6-9,11-12H,2-5,19H2,1H3,(H2,20,28)(H,22,24)(H,23,29);(H,6,7)/t11-,12-;/m0./s1. The first-order chi connectivity index (χ1) is 16.9. The average Bonchev–Trinajstić information content (AvgIpc) is 3.38. The van der Waals surface area contributed by atoms with E-state index < -0.39 is 24.0 Å². The molecule has 2 atom stereocenters. The van der Waals surface area contributed by atoms with E-state index in [1.165, 1.54) is 21.6 Å². The number of hydrogen-bond acceptors (Lipinski definition) is 8. The number of primary amides is 1. The van der Waals surface area contributed by atoms with Crippen molar-refractivity contribution in [3.05, 3.63) is 35.9 Å². The lowest BCUT2D eigenvalue weighted by atomic mass is 9.91. The van der Waals surface area contributed by atoms with Crippen molar-refractivity contribution in [1.82, 2.24) is 24.4 Å². The molecular formula is C20H24F3N9O4. The van der Waals surface area contributed by atoms with Gasteiger partial charge in [0, 0.05) is 31.5 Å². The lowest BCUT2D eigenvalue weighted by molar-refractivity contribution is -0.192. The van der Waals surface area contributed by atoms with Crippen LogP contribution in [0.1, 0.15) is 46.5 Å². The number of fused-ring (bicyclic) bond motifs is 1. The number of aryl methyl sites for hydroxylation is 1. The van der Waals surface area contributed by atoms with Gasteiger partial charge < -0.3 is 27.2 Å². The molecule has 0 saturated heterocycles. The smallest absolute Gasteiger partial charge is 0.475 e. The number of hydrogen-bond donors (Lipinski definition) is 5. The number of anilines is 2. The second kappa shape index (κ2) is 10.6. The number of halogens is 3. The van der Waals surface area contributed by atoms with E-state index in [0.29, 0.717) is 11.5 Å². The maximum Gasteiger partial charge on any atom is 0.490 e. The molecule has 16 heteroatoms. The Kier molecular flexibility index (Phi) is 7.77. The molecule has 194 valence electrons. The zero-order valence-electron chi connectivity index (χ0n) is 19.0. The zero-order chi connectivity index (χ0) is 26.6. The summed E-state index contributed by atoms with van der Waals surface area (Å²) in [6.45, 7) is 0. The minimum absolute atomic E-state index is 0.0149. The second-order valence-electron chi connectivity index (χ2n) is 8.02. The van der Waals surface area contributed by atoms with Gasteiger partial charge in [0.2, 0.25) is 0 Å². The Bertz CT molecular complexity index is 1270. The first-order valence-electron chi connectivity index (χ1n) is 10.7. The molecule has 0 aromatic carbocycles. The summed E-state index contributed by atoms with van der Waals surface area (Å²) in [6.07, 6.45) is 3.81. The number of nitrogens with one attached hydrogen (secondary N) is 2. The maximum atomic E-state index is 12.8. The predicted octanol–water partition coefficient (Wildman–Crippen LogP) is 1.13. The van der Waals surface area contributed by atoms with Crippen LogP contribution in [0, 0.1) is 0 Å². The predicted molar refractivity (Wildman–Crippen MR) is 120 cm³/mol. The first-order valence-corrected chi connectivity index (χ1v) is 10.7. The van der Waals surface area contributed by atoms with Crippen molar-refractivity contribution in [2.45, 2.75) is 43.9 Å². The molecule has 0 unspecified atom stereocenters. The number of carboxylic acid groups (broad SMARTS) is 1. The number of carbonyl (C=O) groups is 3. The fourth-order valence-corrected chi connectivity index (χ4v) is 3.59. The number of alkyl halides is 3.